The molecule has 0 unspecified atom stereocenters. The van der Waals surface area contributed by atoms with Crippen LogP contribution in [0.3, 0.4) is 0 Å². The Morgan fingerprint density at radius 3 is 2.36 bits per heavy atom. The predicted molar refractivity (Wildman–Crippen MR) is 121 cm³/mol. The maximum absolute atomic E-state index is 13.2. The summed E-state index contributed by atoms with van der Waals surface area (Å²) in [5.74, 6) is -0.379. The number of urea groups is 1. The van der Waals surface area contributed by atoms with E-state index >= 15 is 0 Å². The molecule has 2 aromatic carbocycles. The van der Waals surface area contributed by atoms with Gasteiger partial charge in [0.1, 0.15) is 5.01 Å². The molecular weight excluding hydrogens is 455 g/mol. The van der Waals surface area contributed by atoms with Crippen molar-refractivity contribution in [3.63, 3.8) is 0 Å². The monoisotopic (exact) mass is 477 g/mol. The van der Waals surface area contributed by atoms with E-state index in [4.69, 9.17) is 0 Å². The molecule has 0 aliphatic rings. The molecule has 0 bridgehead atoms. The number of benzene rings is 2. The molecule has 0 saturated heterocycles. The number of hydrogen-bond acceptors (Lipinski definition) is 5. The second kappa shape index (κ2) is 10.9. The quantitative estimate of drug-likeness (QED) is 0.449. The van der Waals surface area contributed by atoms with Crippen LogP contribution in [0, 0.1) is 0 Å². The van der Waals surface area contributed by atoms with E-state index in [0.29, 0.717) is 16.6 Å². The minimum Gasteiger partial charge on any atom is -0.324 e. The number of aromatic nitrogens is 2. The number of nitrogens with one attached hydrogen (secondary N) is 2. The highest BCUT2D eigenvalue weighted by molar-refractivity contribution is 7.18. The second-order valence-corrected chi connectivity index (χ2v) is 8.01. The summed E-state index contributed by atoms with van der Waals surface area (Å²) in [5, 5.41) is 13.9. The zero-order chi connectivity index (χ0) is 23.8. The number of carbonyl (C=O) groups is 2. The van der Waals surface area contributed by atoms with Crippen molar-refractivity contribution in [2.45, 2.75) is 25.9 Å². The molecule has 1 aromatic heterocycles. The predicted octanol–water partition coefficient (Wildman–Crippen LogP) is 5.50. The van der Waals surface area contributed by atoms with Crippen LogP contribution in [-0.2, 0) is 11.0 Å². The van der Waals surface area contributed by atoms with Crippen LogP contribution in [0.25, 0.3) is 10.6 Å². The van der Waals surface area contributed by atoms with Crippen molar-refractivity contribution in [2.75, 3.05) is 23.7 Å². The number of rotatable bonds is 8. The average Bonchev–Trinajstić information content (AvgIpc) is 3.25. The van der Waals surface area contributed by atoms with Crippen molar-refractivity contribution in [3.8, 4) is 10.6 Å². The van der Waals surface area contributed by atoms with Crippen molar-refractivity contribution in [1.29, 1.82) is 0 Å². The van der Waals surface area contributed by atoms with Crippen LogP contribution in [0.2, 0.25) is 0 Å². The van der Waals surface area contributed by atoms with Gasteiger partial charge >= 0.3 is 12.2 Å². The number of amides is 3. The first-order valence-corrected chi connectivity index (χ1v) is 11.0. The maximum Gasteiger partial charge on any atom is 0.418 e. The van der Waals surface area contributed by atoms with Crippen LogP contribution in [-0.4, -0.2) is 40.1 Å². The Labute approximate surface area is 192 Å². The highest BCUT2D eigenvalue weighted by atomic mass is 32.1. The van der Waals surface area contributed by atoms with Crippen LogP contribution >= 0.6 is 11.3 Å². The summed E-state index contributed by atoms with van der Waals surface area (Å²) in [4.78, 5) is 26.3. The van der Waals surface area contributed by atoms with E-state index in [1.807, 2.05) is 37.3 Å². The Kier molecular flexibility index (Phi) is 7.99. The third-order valence-corrected chi connectivity index (χ3v) is 5.44. The van der Waals surface area contributed by atoms with E-state index in [1.54, 1.807) is 0 Å². The molecule has 174 valence electrons. The topological polar surface area (TPSA) is 87.2 Å². The summed E-state index contributed by atoms with van der Waals surface area (Å²) in [5.41, 5.74) is -0.388. The molecule has 1 heterocycles. The Morgan fingerprint density at radius 2 is 1.67 bits per heavy atom. The standard InChI is InChI=1S/C22H22F3N5O2S/c1-2-13-30(21(32)26-17-11-7-6-10-16(17)22(23,24)25)14-12-18(31)27-20-29-28-19(33-20)15-8-4-3-5-9-15/h3-11H,2,12-14H2,1H3,(H,26,32)(H,27,29,31). The molecule has 3 aromatic rings. The van der Waals surface area contributed by atoms with Gasteiger partial charge in [-0.1, -0.05) is 60.7 Å². The van der Waals surface area contributed by atoms with E-state index in [0.717, 1.165) is 11.6 Å². The fraction of sp³-hybridized carbons (Fsp3) is 0.273. The Morgan fingerprint density at radius 1 is 0.970 bits per heavy atom. The Hall–Kier alpha value is -3.47. The molecule has 7 nitrogen and oxygen atoms in total. The van der Waals surface area contributed by atoms with E-state index in [1.165, 1.54) is 34.4 Å². The number of nitrogens with zero attached hydrogens (tertiary/aromatic N) is 3. The number of carbonyl (C=O) groups excluding carboxylic acids is 2. The summed E-state index contributed by atoms with van der Waals surface area (Å²) in [7, 11) is 0. The summed E-state index contributed by atoms with van der Waals surface area (Å²) in [6, 6.07) is 13.4. The summed E-state index contributed by atoms with van der Waals surface area (Å²) in [6.45, 7) is 2.14. The Bertz CT molecular complexity index is 1090. The van der Waals surface area contributed by atoms with Gasteiger partial charge in [0.15, 0.2) is 0 Å². The second-order valence-electron chi connectivity index (χ2n) is 7.04. The van der Waals surface area contributed by atoms with Crippen LogP contribution < -0.4 is 10.6 Å². The lowest BCUT2D eigenvalue weighted by atomic mass is 10.1. The minimum atomic E-state index is -4.60. The molecule has 3 rings (SSSR count). The first-order chi connectivity index (χ1) is 15.8. The Balaban J connectivity index is 1.58. The molecule has 2 N–H and O–H groups in total. The molecule has 0 aliphatic heterocycles. The van der Waals surface area contributed by atoms with Crippen LogP contribution in [0.4, 0.5) is 28.8 Å². The minimum absolute atomic E-state index is 0.0318. The molecule has 3 amide bonds. The molecular formula is C22H22F3N5O2S. The van der Waals surface area contributed by atoms with Crippen LogP contribution in [0.15, 0.2) is 54.6 Å². The summed E-state index contributed by atoms with van der Waals surface area (Å²) >= 11 is 1.22. The number of halogens is 3. The lowest BCUT2D eigenvalue weighted by Gasteiger charge is -2.23. The van der Waals surface area contributed by atoms with E-state index in [9.17, 15) is 22.8 Å². The van der Waals surface area contributed by atoms with Gasteiger partial charge < -0.3 is 15.5 Å². The van der Waals surface area contributed by atoms with Gasteiger partial charge in [0.2, 0.25) is 11.0 Å². The van der Waals surface area contributed by atoms with Crippen LogP contribution in [0.5, 0.6) is 0 Å². The van der Waals surface area contributed by atoms with Gasteiger partial charge in [0, 0.05) is 25.1 Å². The van der Waals surface area contributed by atoms with Gasteiger partial charge in [-0.3, -0.25) is 4.79 Å². The third kappa shape index (κ3) is 6.75. The first-order valence-electron chi connectivity index (χ1n) is 10.2. The van der Waals surface area contributed by atoms with Gasteiger partial charge in [-0.25, -0.2) is 4.79 Å². The molecule has 0 radical (unpaired) electrons. The third-order valence-electron chi connectivity index (χ3n) is 4.56. The highest BCUT2D eigenvalue weighted by Gasteiger charge is 2.33. The largest absolute Gasteiger partial charge is 0.418 e. The van der Waals surface area contributed by atoms with Crippen molar-refractivity contribution in [2.24, 2.45) is 0 Å². The maximum atomic E-state index is 13.2. The van der Waals surface area contributed by atoms with E-state index in [2.05, 4.69) is 20.8 Å². The SMILES string of the molecule is CCCN(CCC(=O)Nc1nnc(-c2ccccc2)s1)C(=O)Nc1ccccc1C(F)(F)F. The fourth-order valence-corrected chi connectivity index (χ4v) is 3.77. The zero-order valence-electron chi connectivity index (χ0n) is 17.7. The van der Waals surface area contributed by atoms with Gasteiger partial charge in [0.05, 0.1) is 11.3 Å². The summed E-state index contributed by atoms with van der Waals surface area (Å²) in [6.07, 6.45) is -4.07. The number of para-hydroxylation sites is 1. The smallest absolute Gasteiger partial charge is 0.324 e. The molecule has 0 atom stereocenters. The molecule has 0 spiro atoms. The van der Waals surface area contributed by atoms with Crippen LogP contribution in [0.1, 0.15) is 25.3 Å². The zero-order valence-corrected chi connectivity index (χ0v) is 18.5. The number of hydrogen-bond donors (Lipinski definition) is 2. The molecule has 33 heavy (non-hydrogen) atoms. The molecule has 0 saturated carbocycles. The van der Waals surface area contributed by atoms with E-state index in [-0.39, 0.29) is 31.1 Å². The molecule has 11 heteroatoms. The average molecular weight is 478 g/mol. The van der Waals surface area contributed by atoms with Gasteiger partial charge in [0.25, 0.3) is 0 Å². The first kappa shape index (κ1) is 24.2. The van der Waals surface area contributed by atoms with E-state index < -0.39 is 17.8 Å². The van der Waals surface area contributed by atoms with Gasteiger partial charge in [-0.2, -0.15) is 13.2 Å². The molecule has 0 fully saturated rings. The normalized spacial score (nSPS) is 11.2. The molecule has 0 aliphatic carbocycles. The van der Waals surface area contributed by atoms with Crippen molar-refractivity contribution in [1.82, 2.24) is 15.1 Å². The number of anilines is 2. The fourth-order valence-electron chi connectivity index (χ4n) is 3.01. The van der Waals surface area contributed by atoms with Crippen molar-refractivity contribution < 1.29 is 22.8 Å². The van der Waals surface area contributed by atoms with Crippen molar-refractivity contribution in [3.05, 3.63) is 60.2 Å². The summed E-state index contributed by atoms with van der Waals surface area (Å²) < 4.78 is 39.6. The lowest BCUT2D eigenvalue weighted by Crippen LogP contribution is -2.38. The van der Waals surface area contributed by atoms with Gasteiger partial charge in [-0.15, -0.1) is 10.2 Å². The van der Waals surface area contributed by atoms with Gasteiger partial charge in [-0.05, 0) is 18.6 Å². The highest BCUT2D eigenvalue weighted by Crippen LogP contribution is 2.34. The number of alkyl halides is 3. The lowest BCUT2D eigenvalue weighted by molar-refractivity contribution is -0.136. The van der Waals surface area contributed by atoms with Crippen molar-refractivity contribution >= 4 is 34.1 Å².